The van der Waals surface area contributed by atoms with Crippen molar-refractivity contribution in [1.82, 2.24) is 0 Å². The molecule has 1 aliphatic heterocycles. The second kappa shape index (κ2) is 34.9. The molecule has 63 heavy (non-hydrogen) atoms. The number of carboxylic acid groups (broad SMARTS) is 1. The van der Waals surface area contributed by atoms with Crippen LogP contribution in [0, 0.1) is 5.92 Å². The average Bonchev–Trinajstić information content (AvgIpc) is 3.20. The molecule has 362 valence electrons. The number of aliphatic hydroxyl groups is 10. The van der Waals surface area contributed by atoms with Crippen molar-refractivity contribution in [2.45, 2.75) is 178 Å². The van der Waals surface area contributed by atoms with Gasteiger partial charge in [0.15, 0.2) is 12.1 Å². The molecule has 11 atom stereocenters. The average molecular weight is 900 g/mol. The van der Waals surface area contributed by atoms with E-state index in [0.29, 0.717) is 6.42 Å². The number of carbonyl (C=O) groups is 2. The van der Waals surface area contributed by atoms with E-state index < -0.39 is 117 Å². The van der Waals surface area contributed by atoms with Crippen LogP contribution in [0.4, 0.5) is 0 Å². The van der Waals surface area contributed by atoms with Gasteiger partial charge in [-0.3, -0.25) is 9.59 Å². The molecule has 0 saturated heterocycles. The highest BCUT2D eigenvalue weighted by Gasteiger charge is 2.33. The van der Waals surface area contributed by atoms with Crippen molar-refractivity contribution in [2.24, 2.45) is 11.7 Å². The van der Waals surface area contributed by atoms with Gasteiger partial charge in [0.25, 0.3) is 0 Å². The fourth-order valence-corrected chi connectivity index (χ4v) is 6.06. The van der Waals surface area contributed by atoms with Crippen LogP contribution in [0.15, 0.2) is 85.1 Å². The topological polar surface area (TPSA) is 310 Å². The number of allylic oxidation sites excluding steroid dienone is 12. The van der Waals surface area contributed by atoms with Crippen LogP contribution < -0.4 is 5.73 Å². The maximum Gasteiger partial charge on any atom is 0.308 e. The van der Waals surface area contributed by atoms with E-state index in [1.807, 2.05) is 32.1 Å². The van der Waals surface area contributed by atoms with Crippen LogP contribution in [0.25, 0.3) is 0 Å². The molecular formula is C46H77NO16. The Kier molecular flexibility index (Phi) is 33.0. The molecule has 0 amide bonds. The molecule has 1 heterocycles. The summed E-state index contributed by atoms with van der Waals surface area (Å²) in [5, 5.41) is 114. The van der Waals surface area contributed by atoms with E-state index in [2.05, 4.69) is 0 Å². The Morgan fingerprint density at radius 3 is 1.86 bits per heavy atom. The maximum atomic E-state index is 12.2. The number of hydrogen-bond acceptors (Lipinski definition) is 16. The van der Waals surface area contributed by atoms with E-state index in [4.69, 9.17) is 19.9 Å². The van der Waals surface area contributed by atoms with Gasteiger partial charge < -0.3 is 76.1 Å². The van der Waals surface area contributed by atoms with Gasteiger partial charge in [0, 0.05) is 25.7 Å². The first kappa shape index (κ1) is 59.6. The van der Waals surface area contributed by atoms with Crippen molar-refractivity contribution in [3.8, 4) is 0 Å². The number of ether oxygens (including phenoxy) is 3. The number of aliphatic carboxylic acids is 1. The minimum absolute atomic E-state index is 0.0347. The molecular weight excluding hydrogens is 822 g/mol. The van der Waals surface area contributed by atoms with Crippen molar-refractivity contribution >= 4 is 11.9 Å². The van der Waals surface area contributed by atoms with E-state index in [1.54, 1.807) is 80.7 Å². The Bertz CT molecular complexity index is 1420. The summed E-state index contributed by atoms with van der Waals surface area (Å²) in [4.78, 5) is 24.4. The molecule has 17 nitrogen and oxygen atoms in total. The molecule has 0 spiro atoms. The minimum atomic E-state index is -2.55. The highest BCUT2D eigenvalue weighted by atomic mass is 16.7. The Labute approximate surface area is 372 Å². The zero-order valence-electron chi connectivity index (χ0n) is 37.2. The van der Waals surface area contributed by atoms with Crippen molar-refractivity contribution in [1.29, 1.82) is 0 Å². The predicted molar refractivity (Wildman–Crippen MR) is 237 cm³/mol. The summed E-state index contributed by atoms with van der Waals surface area (Å²) in [6, 6.07) is 0. The summed E-state index contributed by atoms with van der Waals surface area (Å²) in [6.07, 6.45) is 8.60. The molecule has 0 fully saturated rings. The largest absolute Gasteiger partial charge is 0.481 e. The van der Waals surface area contributed by atoms with Gasteiger partial charge in [-0.15, -0.1) is 0 Å². The number of hydrogen-bond donors (Lipinski definition) is 12. The third-order valence-electron chi connectivity index (χ3n) is 9.45. The molecule has 0 radical (unpaired) electrons. The third kappa shape index (κ3) is 31.2. The van der Waals surface area contributed by atoms with Gasteiger partial charge in [-0.25, -0.2) is 0 Å². The molecule has 0 aromatic rings. The van der Waals surface area contributed by atoms with E-state index in [-0.39, 0.29) is 51.6 Å². The zero-order valence-corrected chi connectivity index (χ0v) is 37.2. The highest BCUT2D eigenvalue weighted by Crippen LogP contribution is 2.26. The van der Waals surface area contributed by atoms with Gasteiger partial charge in [-0.05, 0) is 58.8 Å². The van der Waals surface area contributed by atoms with E-state index in [9.17, 15) is 65.8 Å². The van der Waals surface area contributed by atoms with Crippen LogP contribution in [0.2, 0.25) is 0 Å². The van der Waals surface area contributed by atoms with E-state index >= 15 is 0 Å². The molecule has 13 N–H and O–H groups in total. The molecule has 0 aromatic heterocycles. The van der Waals surface area contributed by atoms with Gasteiger partial charge in [0.1, 0.15) is 12.3 Å². The third-order valence-corrected chi connectivity index (χ3v) is 9.45. The summed E-state index contributed by atoms with van der Waals surface area (Å²) in [5.74, 6) is -5.62. The summed E-state index contributed by atoms with van der Waals surface area (Å²) in [5.41, 5.74) is 5.49. The van der Waals surface area contributed by atoms with Crippen molar-refractivity contribution in [3.05, 3.63) is 85.1 Å². The summed E-state index contributed by atoms with van der Waals surface area (Å²) in [6.45, 7) is 7.29. The Morgan fingerprint density at radius 2 is 1.30 bits per heavy atom. The number of aliphatic hydroxyl groups excluding tert-OH is 8. The van der Waals surface area contributed by atoms with Crippen LogP contribution >= 0.6 is 0 Å². The van der Waals surface area contributed by atoms with Crippen LogP contribution in [0.1, 0.15) is 105 Å². The van der Waals surface area contributed by atoms with E-state index in [1.165, 1.54) is 0 Å². The highest BCUT2D eigenvalue weighted by molar-refractivity contribution is 5.70. The number of esters is 1. The molecule has 0 saturated carbocycles. The fourth-order valence-electron chi connectivity index (χ4n) is 6.06. The van der Waals surface area contributed by atoms with Crippen molar-refractivity contribution in [2.75, 3.05) is 6.61 Å². The molecule has 1 rings (SSSR count). The second-order valence-electron chi connectivity index (χ2n) is 15.5. The van der Waals surface area contributed by atoms with Gasteiger partial charge in [0.2, 0.25) is 0 Å². The van der Waals surface area contributed by atoms with E-state index in [0.717, 1.165) is 0 Å². The Balaban J connectivity index is 0.0000189. The summed E-state index contributed by atoms with van der Waals surface area (Å²) < 4.78 is 16.7. The standard InChI is InChI=1S/C44H71NO16.C2H6/c1-30(2)60-43(40(53)41(45)54)61-36-17-15-13-11-9-7-5-3-4-6-8-10-12-14-16-32(46)23-25-59-39(52)28-34(48)26-33(47)19-21-37(50)38(51)27-35(49)29-44(57,58)24-22-31(18-20-36)42(55)56;1-2/h3-15,17,30-38,40-41,43,46-51,53-54,57-58H,16,18-29,45H2,1-2H3,(H,55,56);1-2H3/b5-3+,6-4+,9-7+,10-8+,13-11+,14-12+,17-15+;/t31-,32+,33+,34+,35-,36-,37+,38+,40?,41?,43?;/m0./s1. The first-order valence-corrected chi connectivity index (χ1v) is 21.8. The monoisotopic (exact) mass is 900 g/mol. The first-order valence-electron chi connectivity index (χ1n) is 21.8. The minimum Gasteiger partial charge on any atom is -0.481 e. The summed E-state index contributed by atoms with van der Waals surface area (Å²) in [7, 11) is 0. The normalized spacial score (nSPS) is 32.6. The van der Waals surface area contributed by atoms with Gasteiger partial charge >= 0.3 is 11.9 Å². The van der Waals surface area contributed by atoms with Crippen LogP contribution in [0.3, 0.4) is 0 Å². The lowest BCUT2D eigenvalue weighted by molar-refractivity contribution is -0.240. The van der Waals surface area contributed by atoms with Gasteiger partial charge in [-0.2, -0.15) is 0 Å². The zero-order chi connectivity index (χ0) is 47.8. The maximum absolute atomic E-state index is 12.2. The lowest BCUT2D eigenvalue weighted by atomic mass is 9.90. The quantitative estimate of drug-likeness (QED) is 0.129. The first-order chi connectivity index (χ1) is 29.8. The van der Waals surface area contributed by atoms with Crippen LogP contribution in [-0.4, -0.2) is 148 Å². The van der Waals surface area contributed by atoms with Crippen molar-refractivity contribution < 1.29 is 80.0 Å². The predicted octanol–water partition coefficient (Wildman–Crippen LogP) is 2.47. The Morgan fingerprint density at radius 1 is 0.730 bits per heavy atom. The van der Waals surface area contributed by atoms with Crippen molar-refractivity contribution in [3.63, 3.8) is 0 Å². The summed E-state index contributed by atoms with van der Waals surface area (Å²) >= 11 is 0. The number of rotatable bonds is 7. The lowest BCUT2D eigenvalue weighted by Gasteiger charge is -2.30. The molecule has 0 bridgehead atoms. The molecule has 0 aliphatic carbocycles. The Hall–Kier alpha value is -3.40. The van der Waals surface area contributed by atoms with Crippen LogP contribution in [-0.2, 0) is 23.8 Å². The fraction of sp³-hybridized carbons (Fsp3) is 0.652. The number of carboxylic acids is 1. The van der Waals surface area contributed by atoms with Crippen LogP contribution in [0.5, 0.6) is 0 Å². The molecule has 17 heteroatoms. The molecule has 1 aliphatic rings. The SMILES string of the molecule is CC.CC(C)OC(O[C@H]1/C=C/C=C/C=C/C=C/C=C/C=C/C=C/C[C@@H](O)CCOC(=O)C[C@H](O)C[C@H](O)CC[C@@H](O)[C@H](O)C[C@H](O)CC(O)(O)CC[C@@H](C(=O)O)CC1)C(O)C(N)O. The number of cyclic esters (lactones) is 1. The number of nitrogens with two attached hydrogens (primary N) is 1. The molecule has 0 aromatic carbocycles. The number of carbonyl (C=O) groups excluding carboxylic acids is 1. The van der Waals surface area contributed by atoms with Gasteiger partial charge in [0.05, 0.1) is 67.8 Å². The van der Waals surface area contributed by atoms with Gasteiger partial charge in [-0.1, -0.05) is 98.9 Å². The lowest BCUT2D eigenvalue weighted by Crippen LogP contribution is -2.47. The molecule has 3 unspecified atom stereocenters. The smallest absolute Gasteiger partial charge is 0.308 e. The second-order valence-corrected chi connectivity index (χ2v) is 15.5.